The van der Waals surface area contributed by atoms with Crippen LogP contribution in [0, 0.1) is 18.3 Å². The number of rotatable bonds is 4. The minimum atomic E-state index is -4.66. The van der Waals surface area contributed by atoms with E-state index in [2.05, 4.69) is 21.3 Å². The Bertz CT molecular complexity index is 1150. The lowest BCUT2D eigenvalue weighted by atomic mass is 10.0. The second kappa shape index (κ2) is 8.51. The number of pyridine rings is 1. The fourth-order valence-corrected chi connectivity index (χ4v) is 3.07. The first-order valence-corrected chi connectivity index (χ1v) is 9.10. The Morgan fingerprint density at radius 1 is 1.13 bits per heavy atom. The quantitative estimate of drug-likeness (QED) is 0.478. The van der Waals surface area contributed by atoms with Crippen LogP contribution in [0.3, 0.4) is 0 Å². The Morgan fingerprint density at radius 3 is 2.47 bits per heavy atom. The van der Waals surface area contributed by atoms with Crippen LogP contribution in [0.25, 0.3) is 0 Å². The Labute approximate surface area is 175 Å². The number of nitriles is 1. The molecule has 2 N–H and O–H groups in total. The van der Waals surface area contributed by atoms with Crippen LogP contribution < -0.4 is 5.73 Å². The molecule has 0 saturated carbocycles. The molecule has 0 amide bonds. The van der Waals surface area contributed by atoms with E-state index in [0.717, 1.165) is 17.7 Å². The van der Waals surface area contributed by atoms with Gasteiger partial charge in [0, 0.05) is 11.4 Å². The monoisotopic (exact) mass is 429 g/mol. The van der Waals surface area contributed by atoms with Gasteiger partial charge in [-0.05, 0) is 36.2 Å². The molecule has 0 fully saturated rings. The molecule has 0 spiro atoms. The minimum Gasteiger partial charge on any atom is -0.382 e. The maximum atomic E-state index is 13.3. The Kier molecular flexibility index (Phi) is 6.04. The largest absolute Gasteiger partial charge is 0.418 e. The van der Waals surface area contributed by atoms with Crippen LogP contribution >= 0.6 is 11.6 Å². The second-order valence-electron chi connectivity index (χ2n) is 6.43. The fourth-order valence-electron chi connectivity index (χ4n) is 2.90. The summed E-state index contributed by atoms with van der Waals surface area (Å²) in [6.45, 7) is 1.60. The molecular formula is C21H15ClF3N5. The molecule has 0 aliphatic carbocycles. The van der Waals surface area contributed by atoms with Gasteiger partial charge in [-0.1, -0.05) is 41.9 Å². The van der Waals surface area contributed by atoms with Crippen LogP contribution in [0.1, 0.15) is 27.9 Å². The van der Waals surface area contributed by atoms with E-state index in [1.165, 1.54) is 6.07 Å². The maximum absolute atomic E-state index is 13.3. The number of hydrogen-bond acceptors (Lipinski definition) is 5. The standard InChI is InChI=1S/C21H15ClF3N5/c1-12-15(11-26)18(9-13-5-3-2-4-6-13)28-20(27)19(12)30-29-17-8-7-14(22)10-16(17)21(23,24)25/h2-8,10H,9H2,1H3,(H2,27,28). The molecule has 152 valence electrons. The van der Waals surface area contributed by atoms with Crippen molar-refractivity contribution in [3.8, 4) is 6.07 Å². The molecule has 30 heavy (non-hydrogen) atoms. The van der Waals surface area contributed by atoms with Crippen molar-refractivity contribution in [1.82, 2.24) is 4.98 Å². The Morgan fingerprint density at radius 2 is 1.83 bits per heavy atom. The minimum absolute atomic E-state index is 0.0243. The van der Waals surface area contributed by atoms with E-state index in [4.69, 9.17) is 17.3 Å². The molecule has 0 radical (unpaired) electrons. The zero-order valence-corrected chi connectivity index (χ0v) is 16.5. The molecule has 3 rings (SSSR count). The van der Waals surface area contributed by atoms with E-state index in [1.54, 1.807) is 6.92 Å². The van der Waals surface area contributed by atoms with Gasteiger partial charge in [0.2, 0.25) is 0 Å². The Balaban J connectivity index is 2.03. The maximum Gasteiger partial charge on any atom is 0.418 e. The predicted molar refractivity (Wildman–Crippen MR) is 108 cm³/mol. The summed E-state index contributed by atoms with van der Waals surface area (Å²) < 4.78 is 39.8. The van der Waals surface area contributed by atoms with Gasteiger partial charge < -0.3 is 5.73 Å². The van der Waals surface area contributed by atoms with Gasteiger partial charge in [-0.25, -0.2) is 4.98 Å². The van der Waals surface area contributed by atoms with E-state index in [1.807, 2.05) is 30.3 Å². The summed E-state index contributed by atoms with van der Waals surface area (Å²) in [4.78, 5) is 4.26. The number of alkyl halides is 3. The highest BCUT2D eigenvalue weighted by atomic mass is 35.5. The van der Waals surface area contributed by atoms with Crippen molar-refractivity contribution in [3.63, 3.8) is 0 Å². The van der Waals surface area contributed by atoms with Crippen LogP contribution in [0.5, 0.6) is 0 Å². The number of azo groups is 1. The van der Waals surface area contributed by atoms with E-state index in [9.17, 15) is 18.4 Å². The first-order valence-electron chi connectivity index (χ1n) is 8.72. The number of nitrogen functional groups attached to an aromatic ring is 1. The third-order valence-electron chi connectivity index (χ3n) is 4.36. The van der Waals surface area contributed by atoms with Crippen LogP contribution in [0.2, 0.25) is 5.02 Å². The summed E-state index contributed by atoms with van der Waals surface area (Å²) in [7, 11) is 0. The number of nitrogens with two attached hydrogens (primary N) is 1. The van der Waals surface area contributed by atoms with Gasteiger partial charge in [0.15, 0.2) is 5.82 Å². The van der Waals surface area contributed by atoms with Gasteiger partial charge in [0.05, 0.1) is 22.5 Å². The molecule has 9 heteroatoms. The van der Waals surface area contributed by atoms with Gasteiger partial charge in [0.1, 0.15) is 11.8 Å². The molecule has 5 nitrogen and oxygen atoms in total. The highest BCUT2D eigenvalue weighted by molar-refractivity contribution is 6.30. The molecule has 0 unspecified atom stereocenters. The summed E-state index contributed by atoms with van der Waals surface area (Å²) >= 11 is 5.68. The van der Waals surface area contributed by atoms with Gasteiger partial charge in [0.25, 0.3) is 0 Å². The third-order valence-corrected chi connectivity index (χ3v) is 4.60. The highest BCUT2D eigenvalue weighted by Crippen LogP contribution is 2.39. The lowest BCUT2D eigenvalue weighted by molar-refractivity contribution is -0.137. The number of halogens is 4. The van der Waals surface area contributed by atoms with E-state index < -0.39 is 17.4 Å². The van der Waals surface area contributed by atoms with E-state index >= 15 is 0 Å². The fraction of sp³-hybridized carbons (Fsp3) is 0.143. The lowest BCUT2D eigenvalue weighted by Crippen LogP contribution is -2.05. The lowest BCUT2D eigenvalue weighted by Gasteiger charge is -2.12. The Hall–Kier alpha value is -3.44. The van der Waals surface area contributed by atoms with Crippen molar-refractivity contribution in [2.75, 3.05) is 5.73 Å². The van der Waals surface area contributed by atoms with Gasteiger partial charge >= 0.3 is 6.18 Å². The number of nitrogens with zero attached hydrogens (tertiary/aromatic N) is 4. The number of benzene rings is 2. The summed E-state index contributed by atoms with van der Waals surface area (Å²) in [5.41, 5.74) is 6.64. The summed E-state index contributed by atoms with van der Waals surface area (Å²) in [5.74, 6) is -0.0243. The molecule has 0 saturated heterocycles. The predicted octanol–water partition coefficient (Wildman–Crippen LogP) is 6.52. The van der Waals surface area contributed by atoms with Gasteiger partial charge in [-0.3, -0.25) is 0 Å². The summed E-state index contributed by atoms with van der Waals surface area (Å²) in [6.07, 6.45) is -4.28. The number of aromatic nitrogens is 1. The number of anilines is 1. The molecule has 2 aromatic carbocycles. The van der Waals surface area contributed by atoms with Gasteiger partial charge in [-0.15, -0.1) is 10.2 Å². The topological polar surface area (TPSA) is 87.4 Å². The molecule has 0 bridgehead atoms. The molecule has 0 atom stereocenters. The van der Waals surface area contributed by atoms with Crippen molar-refractivity contribution in [2.45, 2.75) is 19.5 Å². The van der Waals surface area contributed by atoms with Crippen molar-refractivity contribution in [2.24, 2.45) is 10.2 Å². The van der Waals surface area contributed by atoms with E-state index in [0.29, 0.717) is 17.7 Å². The first kappa shape index (κ1) is 21.3. The summed E-state index contributed by atoms with van der Waals surface area (Å²) in [5, 5.41) is 17.1. The zero-order valence-electron chi connectivity index (χ0n) is 15.7. The van der Waals surface area contributed by atoms with Crippen molar-refractivity contribution < 1.29 is 13.2 Å². The number of hydrogen-bond donors (Lipinski definition) is 1. The van der Waals surface area contributed by atoms with Crippen LogP contribution in [-0.2, 0) is 12.6 Å². The molecular weight excluding hydrogens is 415 g/mol. The zero-order chi connectivity index (χ0) is 21.9. The first-order chi connectivity index (χ1) is 14.2. The second-order valence-corrected chi connectivity index (χ2v) is 6.86. The van der Waals surface area contributed by atoms with Gasteiger partial charge in [-0.2, -0.15) is 18.4 Å². The molecule has 3 aromatic rings. The average molecular weight is 430 g/mol. The van der Waals surface area contributed by atoms with Crippen LogP contribution in [-0.4, -0.2) is 4.98 Å². The van der Waals surface area contributed by atoms with E-state index in [-0.39, 0.29) is 22.1 Å². The van der Waals surface area contributed by atoms with Crippen molar-refractivity contribution in [3.05, 3.63) is 81.5 Å². The molecule has 0 aliphatic heterocycles. The molecule has 1 aromatic heterocycles. The van der Waals surface area contributed by atoms with Crippen molar-refractivity contribution in [1.29, 1.82) is 5.26 Å². The highest BCUT2D eigenvalue weighted by Gasteiger charge is 2.34. The van der Waals surface area contributed by atoms with Crippen LogP contribution in [0.15, 0.2) is 58.8 Å². The smallest absolute Gasteiger partial charge is 0.382 e. The molecule has 1 heterocycles. The third kappa shape index (κ3) is 4.58. The average Bonchev–Trinajstić information content (AvgIpc) is 2.69. The summed E-state index contributed by atoms with van der Waals surface area (Å²) in [6, 6.07) is 14.6. The van der Waals surface area contributed by atoms with Crippen LogP contribution in [0.4, 0.5) is 30.4 Å². The SMILES string of the molecule is Cc1c(C#N)c(Cc2ccccc2)nc(N)c1N=Nc1ccc(Cl)cc1C(F)(F)F. The molecule has 0 aliphatic rings. The van der Waals surface area contributed by atoms with Crippen molar-refractivity contribution >= 4 is 28.8 Å². The normalized spacial score (nSPS) is 11.6.